The second-order valence-electron chi connectivity index (χ2n) is 4.83. The fraction of sp³-hybridized carbons (Fsp3) is 0.400. The summed E-state index contributed by atoms with van der Waals surface area (Å²) in [5.74, 6) is -0.420. The summed E-state index contributed by atoms with van der Waals surface area (Å²) in [7, 11) is 0. The molecule has 0 bridgehead atoms. The van der Waals surface area contributed by atoms with E-state index in [2.05, 4.69) is 30.9 Å². The van der Waals surface area contributed by atoms with Crippen LogP contribution in [0.25, 0.3) is 6.08 Å². The molecule has 4 nitrogen and oxygen atoms in total. The minimum absolute atomic E-state index is 0.420. The molecule has 0 atom stereocenters. The first kappa shape index (κ1) is 13.6. The predicted molar refractivity (Wildman–Crippen MR) is 77.2 cm³/mol. The maximum Gasteiger partial charge on any atom is 0.241 e. The molecule has 1 heterocycles. The molecule has 102 valence electrons. The van der Waals surface area contributed by atoms with Crippen LogP contribution in [0.15, 0.2) is 18.2 Å². The fourth-order valence-corrected chi connectivity index (χ4v) is 2.38. The van der Waals surface area contributed by atoms with Crippen LogP contribution < -0.4 is 10.6 Å². The maximum absolute atomic E-state index is 10.8. The van der Waals surface area contributed by atoms with Gasteiger partial charge in [0.1, 0.15) is 0 Å². The summed E-state index contributed by atoms with van der Waals surface area (Å²) < 4.78 is 5.37. The van der Waals surface area contributed by atoms with Crippen LogP contribution in [0.3, 0.4) is 0 Å². The fourth-order valence-electron chi connectivity index (χ4n) is 2.38. The van der Waals surface area contributed by atoms with Crippen molar-refractivity contribution in [2.75, 3.05) is 31.2 Å². The van der Waals surface area contributed by atoms with Gasteiger partial charge in [0.2, 0.25) is 5.91 Å². The van der Waals surface area contributed by atoms with Gasteiger partial charge in [0.25, 0.3) is 0 Å². The third-order valence-electron chi connectivity index (χ3n) is 3.37. The molecule has 0 saturated carbocycles. The van der Waals surface area contributed by atoms with E-state index in [1.165, 1.54) is 11.8 Å². The van der Waals surface area contributed by atoms with Gasteiger partial charge in [0.15, 0.2) is 0 Å². The van der Waals surface area contributed by atoms with Crippen molar-refractivity contribution in [1.29, 1.82) is 0 Å². The minimum Gasteiger partial charge on any atom is -0.378 e. The maximum atomic E-state index is 10.8. The van der Waals surface area contributed by atoms with Crippen LogP contribution in [-0.2, 0) is 9.53 Å². The SMILES string of the molecule is Cc1cc(N2CCOCC2)cc(C)c1/C=C/C(N)=O. The van der Waals surface area contributed by atoms with Crippen molar-refractivity contribution in [2.45, 2.75) is 13.8 Å². The highest BCUT2D eigenvalue weighted by atomic mass is 16.5. The van der Waals surface area contributed by atoms with Crippen LogP contribution in [0.5, 0.6) is 0 Å². The van der Waals surface area contributed by atoms with E-state index < -0.39 is 5.91 Å². The lowest BCUT2D eigenvalue weighted by Gasteiger charge is -2.29. The Balaban J connectivity index is 2.27. The van der Waals surface area contributed by atoms with Crippen molar-refractivity contribution in [3.05, 3.63) is 34.9 Å². The van der Waals surface area contributed by atoms with Crippen LogP contribution in [0.1, 0.15) is 16.7 Å². The summed E-state index contributed by atoms with van der Waals surface area (Å²) in [6, 6.07) is 4.30. The van der Waals surface area contributed by atoms with Crippen molar-refractivity contribution in [1.82, 2.24) is 0 Å². The number of ether oxygens (including phenoxy) is 1. The number of anilines is 1. The molecule has 1 aliphatic rings. The third-order valence-corrected chi connectivity index (χ3v) is 3.37. The first-order valence-electron chi connectivity index (χ1n) is 6.49. The average molecular weight is 260 g/mol. The van der Waals surface area contributed by atoms with Gasteiger partial charge in [-0.05, 0) is 48.7 Å². The van der Waals surface area contributed by atoms with Crippen molar-refractivity contribution in [2.24, 2.45) is 5.73 Å². The number of carbonyl (C=O) groups excluding carboxylic acids is 1. The molecule has 0 unspecified atom stereocenters. The summed E-state index contributed by atoms with van der Waals surface area (Å²) in [5, 5.41) is 0. The van der Waals surface area contributed by atoms with E-state index in [4.69, 9.17) is 10.5 Å². The normalized spacial score (nSPS) is 16.0. The molecular formula is C15H20N2O2. The van der Waals surface area contributed by atoms with E-state index in [0.717, 1.165) is 43.0 Å². The largest absolute Gasteiger partial charge is 0.378 e. The lowest BCUT2D eigenvalue weighted by molar-refractivity contribution is -0.113. The highest BCUT2D eigenvalue weighted by molar-refractivity contribution is 5.90. The average Bonchev–Trinajstić information content (AvgIpc) is 2.38. The first-order chi connectivity index (χ1) is 9.08. The van der Waals surface area contributed by atoms with Crippen LogP contribution in [-0.4, -0.2) is 32.2 Å². The van der Waals surface area contributed by atoms with Crippen molar-refractivity contribution >= 4 is 17.7 Å². The Morgan fingerprint density at radius 2 is 1.84 bits per heavy atom. The second kappa shape index (κ2) is 5.89. The van der Waals surface area contributed by atoms with Gasteiger partial charge in [-0.1, -0.05) is 0 Å². The third kappa shape index (κ3) is 3.35. The van der Waals surface area contributed by atoms with Gasteiger partial charge < -0.3 is 15.4 Å². The van der Waals surface area contributed by atoms with Crippen molar-refractivity contribution < 1.29 is 9.53 Å². The molecule has 2 N–H and O–H groups in total. The van der Waals surface area contributed by atoms with Crippen LogP contribution >= 0.6 is 0 Å². The Morgan fingerprint density at radius 1 is 1.26 bits per heavy atom. The second-order valence-corrected chi connectivity index (χ2v) is 4.83. The van der Waals surface area contributed by atoms with E-state index in [9.17, 15) is 4.79 Å². The number of aryl methyl sites for hydroxylation is 2. The Morgan fingerprint density at radius 3 is 2.37 bits per heavy atom. The molecule has 1 aliphatic heterocycles. The number of morpholine rings is 1. The molecule has 0 radical (unpaired) electrons. The topological polar surface area (TPSA) is 55.6 Å². The molecule has 1 fully saturated rings. The van der Waals surface area contributed by atoms with Gasteiger partial charge in [-0.2, -0.15) is 0 Å². The number of benzene rings is 1. The minimum atomic E-state index is -0.420. The van der Waals surface area contributed by atoms with E-state index in [1.54, 1.807) is 6.08 Å². The van der Waals surface area contributed by atoms with E-state index in [1.807, 2.05) is 0 Å². The van der Waals surface area contributed by atoms with Gasteiger partial charge in [-0.3, -0.25) is 4.79 Å². The lowest BCUT2D eigenvalue weighted by Crippen LogP contribution is -2.36. The Kier molecular flexibility index (Phi) is 4.22. The number of nitrogens with zero attached hydrogens (tertiary/aromatic N) is 1. The number of primary amides is 1. The number of nitrogens with two attached hydrogens (primary N) is 1. The van der Waals surface area contributed by atoms with Crippen LogP contribution in [0.2, 0.25) is 0 Å². The summed E-state index contributed by atoms with van der Waals surface area (Å²) in [6.07, 6.45) is 3.19. The molecule has 1 aromatic rings. The molecule has 1 saturated heterocycles. The number of carbonyl (C=O) groups is 1. The predicted octanol–water partition coefficient (Wildman–Crippen LogP) is 1.64. The zero-order valence-corrected chi connectivity index (χ0v) is 11.5. The molecule has 0 aliphatic carbocycles. The summed E-state index contributed by atoms with van der Waals surface area (Å²) >= 11 is 0. The molecule has 1 amide bonds. The van der Waals surface area contributed by atoms with Crippen molar-refractivity contribution in [3.8, 4) is 0 Å². The summed E-state index contributed by atoms with van der Waals surface area (Å²) in [4.78, 5) is 13.1. The van der Waals surface area contributed by atoms with Gasteiger partial charge in [0, 0.05) is 24.9 Å². The molecule has 0 spiro atoms. The Hall–Kier alpha value is -1.81. The first-order valence-corrected chi connectivity index (χ1v) is 6.49. The number of hydrogen-bond acceptors (Lipinski definition) is 3. The quantitative estimate of drug-likeness (QED) is 0.841. The molecule has 4 heteroatoms. The molecular weight excluding hydrogens is 240 g/mol. The standard InChI is InChI=1S/C15H20N2O2/c1-11-9-13(17-5-7-19-8-6-17)10-12(2)14(11)3-4-15(16)18/h3-4,9-10H,5-8H2,1-2H3,(H2,16,18)/b4-3+. The molecule has 0 aromatic heterocycles. The van der Waals surface area contributed by atoms with Crippen LogP contribution in [0.4, 0.5) is 5.69 Å². The summed E-state index contributed by atoms with van der Waals surface area (Å²) in [6.45, 7) is 7.52. The number of hydrogen-bond donors (Lipinski definition) is 1. The Labute approximate surface area is 113 Å². The highest BCUT2D eigenvalue weighted by Gasteiger charge is 2.13. The molecule has 1 aromatic carbocycles. The Bertz CT molecular complexity index is 480. The summed E-state index contributed by atoms with van der Waals surface area (Å²) in [5.41, 5.74) is 9.73. The number of amides is 1. The van der Waals surface area contributed by atoms with Gasteiger partial charge in [-0.25, -0.2) is 0 Å². The smallest absolute Gasteiger partial charge is 0.241 e. The zero-order valence-electron chi connectivity index (χ0n) is 11.5. The van der Waals surface area contributed by atoms with Gasteiger partial charge in [-0.15, -0.1) is 0 Å². The number of rotatable bonds is 3. The van der Waals surface area contributed by atoms with Gasteiger partial charge >= 0.3 is 0 Å². The molecule has 2 rings (SSSR count). The lowest BCUT2D eigenvalue weighted by atomic mass is 10.0. The highest BCUT2D eigenvalue weighted by Crippen LogP contribution is 2.24. The van der Waals surface area contributed by atoms with E-state index in [0.29, 0.717) is 0 Å². The monoisotopic (exact) mass is 260 g/mol. The van der Waals surface area contributed by atoms with Crippen molar-refractivity contribution in [3.63, 3.8) is 0 Å². The van der Waals surface area contributed by atoms with E-state index in [-0.39, 0.29) is 0 Å². The zero-order chi connectivity index (χ0) is 13.8. The van der Waals surface area contributed by atoms with Gasteiger partial charge in [0.05, 0.1) is 13.2 Å². The van der Waals surface area contributed by atoms with E-state index >= 15 is 0 Å². The van der Waals surface area contributed by atoms with Crippen LogP contribution in [0, 0.1) is 13.8 Å². The molecule has 19 heavy (non-hydrogen) atoms.